The fourth-order valence-corrected chi connectivity index (χ4v) is 2.65. The van der Waals surface area contributed by atoms with Gasteiger partial charge in [0.1, 0.15) is 0 Å². The number of nitrogens with one attached hydrogen (secondary N) is 1. The van der Waals surface area contributed by atoms with E-state index in [1.807, 2.05) is 12.1 Å². The van der Waals surface area contributed by atoms with E-state index in [4.69, 9.17) is 10.5 Å². The molecule has 0 saturated heterocycles. The van der Waals surface area contributed by atoms with E-state index in [1.165, 1.54) is 0 Å². The van der Waals surface area contributed by atoms with Crippen molar-refractivity contribution >= 4 is 11.6 Å². The van der Waals surface area contributed by atoms with Gasteiger partial charge in [0.25, 0.3) is 0 Å². The summed E-state index contributed by atoms with van der Waals surface area (Å²) >= 11 is 0. The predicted octanol–water partition coefficient (Wildman–Crippen LogP) is 3.04. The number of carbonyl (C=O) groups excluding carboxylic acids is 1. The molecule has 1 fully saturated rings. The maximum Gasteiger partial charge on any atom is 0.248 e. The Labute approximate surface area is 127 Å². The quantitative estimate of drug-likeness (QED) is 0.846. The van der Waals surface area contributed by atoms with Gasteiger partial charge in [0.05, 0.1) is 6.10 Å². The minimum absolute atomic E-state index is 0.108. The third-order valence-electron chi connectivity index (χ3n) is 4.32. The van der Waals surface area contributed by atoms with Crippen LogP contribution in [0.3, 0.4) is 0 Å². The number of primary amides is 1. The number of anilines is 1. The summed E-state index contributed by atoms with van der Waals surface area (Å²) < 4.78 is 5.97. The van der Waals surface area contributed by atoms with Gasteiger partial charge < -0.3 is 15.8 Å². The van der Waals surface area contributed by atoms with Crippen molar-refractivity contribution in [1.29, 1.82) is 0 Å². The van der Waals surface area contributed by atoms with E-state index in [0.717, 1.165) is 18.7 Å². The van der Waals surface area contributed by atoms with Crippen LogP contribution in [0, 0.1) is 11.3 Å². The van der Waals surface area contributed by atoms with Crippen molar-refractivity contribution in [3.63, 3.8) is 0 Å². The summed E-state index contributed by atoms with van der Waals surface area (Å²) in [7, 11) is 0. The molecule has 1 amide bonds. The third-order valence-corrected chi connectivity index (χ3v) is 4.32. The third kappa shape index (κ3) is 3.56. The minimum atomic E-state index is -0.396. The molecule has 2 rings (SSSR count). The number of ether oxygens (including phenoxy) is 1. The fraction of sp³-hybridized carbons (Fsp3) is 0.588. The van der Waals surface area contributed by atoms with Crippen molar-refractivity contribution < 1.29 is 9.53 Å². The SMILES string of the molecule is CC(C)COC1CC(Nc2ccc(C(N)=O)cc2)C1(C)C. The molecule has 1 aliphatic rings. The smallest absolute Gasteiger partial charge is 0.248 e. The van der Waals surface area contributed by atoms with Gasteiger partial charge in [-0.05, 0) is 36.6 Å². The molecule has 1 aromatic rings. The Hall–Kier alpha value is -1.55. The predicted molar refractivity (Wildman–Crippen MR) is 85.3 cm³/mol. The molecule has 0 radical (unpaired) electrons. The second kappa shape index (κ2) is 6.06. The highest BCUT2D eigenvalue weighted by atomic mass is 16.5. The molecule has 116 valence electrons. The zero-order chi connectivity index (χ0) is 15.6. The Balaban J connectivity index is 1.91. The summed E-state index contributed by atoms with van der Waals surface area (Å²) in [5.74, 6) is 0.168. The van der Waals surface area contributed by atoms with E-state index in [-0.39, 0.29) is 5.41 Å². The highest BCUT2D eigenvalue weighted by molar-refractivity contribution is 5.93. The second-order valence-electron chi connectivity index (χ2n) is 6.91. The number of benzene rings is 1. The first-order valence-electron chi connectivity index (χ1n) is 7.58. The Morgan fingerprint density at radius 1 is 1.38 bits per heavy atom. The Morgan fingerprint density at radius 3 is 2.48 bits per heavy atom. The molecule has 3 N–H and O–H groups in total. The van der Waals surface area contributed by atoms with Crippen LogP contribution in [0.1, 0.15) is 44.5 Å². The van der Waals surface area contributed by atoms with E-state index >= 15 is 0 Å². The average Bonchev–Trinajstić information content (AvgIpc) is 2.42. The van der Waals surface area contributed by atoms with Crippen LogP contribution in [0.5, 0.6) is 0 Å². The van der Waals surface area contributed by atoms with Gasteiger partial charge in [0.15, 0.2) is 0 Å². The van der Waals surface area contributed by atoms with E-state index < -0.39 is 5.91 Å². The van der Waals surface area contributed by atoms with E-state index in [9.17, 15) is 4.79 Å². The van der Waals surface area contributed by atoms with E-state index in [2.05, 4.69) is 33.0 Å². The monoisotopic (exact) mass is 290 g/mol. The topological polar surface area (TPSA) is 64.3 Å². The van der Waals surface area contributed by atoms with Crippen LogP contribution >= 0.6 is 0 Å². The van der Waals surface area contributed by atoms with E-state index in [1.54, 1.807) is 12.1 Å². The molecule has 4 nitrogen and oxygen atoms in total. The molecular weight excluding hydrogens is 264 g/mol. The fourth-order valence-electron chi connectivity index (χ4n) is 2.65. The number of rotatable bonds is 6. The number of nitrogens with two attached hydrogens (primary N) is 1. The highest BCUT2D eigenvalue weighted by Gasteiger charge is 2.49. The van der Waals surface area contributed by atoms with Crippen molar-refractivity contribution in [1.82, 2.24) is 0 Å². The van der Waals surface area contributed by atoms with Gasteiger partial charge in [-0.15, -0.1) is 0 Å². The molecule has 0 aliphatic heterocycles. The first kappa shape index (κ1) is 15.8. The molecule has 2 atom stereocenters. The molecule has 4 heteroatoms. The van der Waals surface area contributed by atoms with Crippen molar-refractivity contribution in [2.75, 3.05) is 11.9 Å². The molecule has 0 spiro atoms. The summed E-state index contributed by atoms with van der Waals surface area (Å²) in [6.07, 6.45) is 1.32. The van der Waals surface area contributed by atoms with Crippen LogP contribution in [0.25, 0.3) is 0 Å². The maximum atomic E-state index is 11.1. The van der Waals surface area contributed by atoms with Crippen molar-refractivity contribution in [2.45, 2.75) is 46.3 Å². The summed E-state index contributed by atoms with van der Waals surface area (Å²) in [6, 6.07) is 7.69. The Kier molecular flexibility index (Phi) is 4.57. The van der Waals surface area contributed by atoms with Gasteiger partial charge in [-0.2, -0.15) is 0 Å². The molecule has 0 heterocycles. The lowest BCUT2D eigenvalue weighted by Gasteiger charge is -2.52. The van der Waals surface area contributed by atoms with E-state index in [0.29, 0.717) is 23.6 Å². The number of amides is 1. The van der Waals surface area contributed by atoms with Crippen molar-refractivity contribution in [3.05, 3.63) is 29.8 Å². The van der Waals surface area contributed by atoms with Gasteiger partial charge in [-0.1, -0.05) is 27.7 Å². The van der Waals surface area contributed by atoms with Crippen LogP contribution in [0.4, 0.5) is 5.69 Å². The molecule has 1 saturated carbocycles. The number of hydrogen-bond acceptors (Lipinski definition) is 3. The molecule has 21 heavy (non-hydrogen) atoms. The normalized spacial score (nSPS) is 23.7. The maximum absolute atomic E-state index is 11.1. The van der Waals surface area contributed by atoms with Crippen LogP contribution in [-0.2, 0) is 4.74 Å². The lowest BCUT2D eigenvalue weighted by molar-refractivity contribution is -0.108. The van der Waals surface area contributed by atoms with Crippen LogP contribution in [0.2, 0.25) is 0 Å². The van der Waals surface area contributed by atoms with Crippen molar-refractivity contribution in [3.8, 4) is 0 Å². The van der Waals surface area contributed by atoms with Crippen molar-refractivity contribution in [2.24, 2.45) is 17.1 Å². The summed E-state index contributed by atoms with van der Waals surface area (Å²) in [5.41, 5.74) is 6.90. The summed E-state index contributed by atoms with van der Waals surface area (Å²) in [4.78, 5) is 11.1. The minimum Gasteiger partial charge on any atom is -0.382 e. The van der Waals surface area contributed by atoms with Gasteiger partial charge >= 0.3 is 0 Å². The summed E-state index contributed by atoms with van der Waals surface area (Å²) in [5, 5.41) is 3.52. The molecule has 1 aromatic carbocycles. The molecule has 0 aromatic heterocycles. The largest absolute Gasteiger partial charge is 0.382 e. The van der Waals surface area contributed by atoms with Gasteiger partial charge in [-0.25, -0.2) is 0 Å². The van der Waals surface area contributed by atoms with Crippen LogP contribution in [0.15, 0.2) is 24.3 Å². The van der Waals surface area contributed by atoms with Crippen LogP contribution < -0.4 is 11.1 Å². The van der Waals surface area contributed by atoms with Gasteiger partial charge in [0, 0.05) is 29.3 Å². The second-order valence-corrected chi connectivity index (χ2v) is 6.91. The number of hydrogen-bond donors (Lipinski definition) is 2. The first-order valence-corrected chi connectivity index (χ1v) is 7.58. The van der Waals surface area contributed by atoms with Gasteiger partial charge in [0.2, 0.25) is 5.91 Å². The average molecular weight is 290 g/mol. The van der Waals surface area contributed by atoms with Gasteiger partial charge in [-0.3, -0.25) is 4.79 Å². The zero-order valence-electron chi connectivity index (χ0n) is 13.3. The summed E-state index contributed by atoms with van der Waals surface area (Å²) in [6.45, 7) is 9.62. The van der Waals surface area contributed by atoms with Crippen LogP contribution in [-0.4, -0.2) is 24.7 Å². The lowest BCUT2D eigenvalue weighted by atomic mass is 9.64. The standard InChI is InChI=1S/C17H26N2O2/c1-11(2)10-21-15-9-14(17(15,3)4)19-13-7-5-12(6-8-13)16(18)20/h5-8,11,14-15,19H,9-10H2,1-4H3,(H2,18,20). The first-order chi connectivity index (χ1) is 9.80. The Bertz CT molecular complexity index is 494. The molecule has 2 unspecified atom stereocenters. The molecule has 1 aliphatic carbocycles. The molecular formula is C17H26N2O2. The Morgan fingerprint density at radius 2 is 2.00 bits per heavy atom. The highest BCUT2D eigenvalue weighted by Crippen LogP contribution is 2.44. The molecule has 0 bridgehead atoms. The number of carbonyl (C=O) groups is 1. The zero-order valence-corrected chi connectivity index (χ0v) is 13.3. The lowest BCUT2D eigenvalue weighted by Crippen LogP contribution is -2.58.